The van der Waals surface area contributed by atoms with Crippen molar-refractivity contribution in [3.63, 3.8) is 0 Å². The first-order valence-electron chi connectivity index (χ1n) is 2.65. The molecule has 0 aromatic heterocycles. The van der Waals surface area contributed by atoms with Crippen molar-refractivity contribution >= 4 is 28.9 Å². The minimum Gasteiger partial charge on any atom is -0.411 e. The van der Waals surface area contributed by atoms with E-state index in [1.807, 2.05) is 0 Å². The number of nitrogens with zero attached hydrogens (tertiary/aromatic N) is 1. The van der Waals surface area contributed by atoms with Gasteiger partial charge in [0.2, 0.25) is 0 Å². The molecule has 1 atom stereocenters. The number of hydrogen-bond acceptors (Lipinski definition) is 2. The molecule has 0 aromatic rings. The molecule has 0 aliphatic heterocycles. The minimum absolute atomic E-state index is 0.408. The number of oxime groups is 1. The molecule has 10 heavy (non-hydrogen) atoms. The monoisotopic (exact) mass is 177 g/mol. The Morgan fingerprint density at radius 1 is 1.50 bits per heavy atom. The van der Waals surface area contributed by atoms with Gasteiger partial charge in [0, 0.05) is 5.03 Å². The van der Waals surface area contributed by atoms with Crippen LogP contribution in [0.2, 0.25) is 0 Å². The number of rotatable bonds is 0. The zero-order valence-corrected chi connectivity index (χ0v) is 6.47. The van der Waals surface area contributed by atoms with E-state index >= 15 is 0 Å². The highest BCUT2D eigenvalue weighted by Crippen LogP contribution is 2.16. The second kappa shape index (κ2) is 3.08. The molecular formula is C6H5Cl2NO. The van der Waals surface area contributed by atoms with E-state index < -0.39 is 5.38 Å². The van der Waals surface area contributed by atoms with E-state index in [-0.39, 0.29) is 0 Å². The lowest BCUT2D eigenvalue weighted by Crippen LogP contribution is -2.11. The van der Waals surface area contributed by atoms with Crippen LogP contribution in [-0.4, -0.2) is 16.3 Å². The fraction of sp³-hybridized carbons (Fsp3) is 0.167. The van der Waals surface area contributed by atoms with Gasteiger partial charge in [0.15, 0.2) is 0 Å². The highest BCUT2D eigenvalue weighted by molar-refractivity contribution is 6.39. The van der Waals surface area contributed by atoms with E-state index in [1.54, 1.807) is 18.2 Å². The molecule has 54 valence electrons. The summed E-state index contributed by atoms with van der Waals surface area (Å²) in [6.07, 6.45) is 4.79. The van der Waals surface area contributed by atoms with Gasteiger partial charge in [-0.15, -0.1) is 11.6 Å². The third-order valence-corrected chi connectivity index (χ3v) is 1.72. The molecule has 4 heteroatoms. The van der Waals surface area contributed by atoms with E-state index in [2.05, 4.69) is 5.16 Å². The lowest BCUT2D eigenvalue weighted by Gasteiger charge is -2.06. The summed E-state index contributed by atoms with van der Waals surface area (Å²) in [4.78, 5) is 0. The van der Waals surface area contributed by atoms with Crippen molar-refractivity contribution in [2.45, 2.75) is 5.38 Å². The summed E-state index contributed by atoms with van der Waals surface area (Å²) in [6, 6.07) is 0. The number of hydrogen-bond donors (Lipinski definition) is 1. The van der Waals surface area contributed by atoms with Gasteiger partial charge in [-0.1, -0.05) is 16.8 Å². The van der Waals surface area contributed by atoms with Crippen LogP contribution in [0.15, 0.2) is 28.4 Å². The molecule has 1 aliphatic carbocycles. The zero-order chi connectivity index (χ0) is 7.56. The van der Waals surface area contributed by atoms with Gasteiger partial charge < -0.3 is 5.21 Å². The standard InChI is InChI=1S/C6H5Cl2NO/c7-4-1-2-6(9-10)5(8)3-4/h1-3,5,10H. The smallest absolute Gasteiger partial charge is 0.101 e. The minimum atomic E-state index is -0.414. The highest BCUT2D eigenvalue weighted by Gasteiger charge is 2.11. The quantitative estimate of drug-likeness (QED) is 0.344. The Morgan fingerprint density at radius 2 is 2.20 bits per heavy atom. The van der Waals surface area contributed by atoms with Crippen LogP contribution in [0, 0.1) is 0 Å². The SMILES string of the molecule is ON=C1C=CC(Cl)=CC1Cl. The number of halogens is 2. The van der Waals surface area contributed by atoms with Gasteiger partial charge in [-0.2, -0.15) is 0 Å². The fourth-order valence-electron chi connectivity index (χ4n) is 0.626. The van der Waals surface area contributed by atoms with Gasteiger partial charge >= 0.3 is 0 Å². The average Bonchev–Trinajstić information content (AvgIpc) is 1.88. The van der Waals surface area contributed by atoms with Crippen molar-refractivity contribution < 1.29 is 5.21 Å². The van der Waals surface area contributed by atoms with Crippen molar-refractivity contribution in [2.75, 3.05) is 0 Å². The van der Waals surface area contributed by atoms with E-state index in [0.717, 1.165) is 0 Å². The van der Waals surface area contributed by atoms with Crippen LogP contribution >= 0.6 is 23.2 Å². The van der Waals surface area contributed by atoms with Crippen LogP contribution in [0.1, 0.15) is 0 Å². The second-order valence-corrected chi connectivity index (χ2v) is 2.72. The van der Waals surface area contributed by atoms with Gasteiger partial charge in [-0.05, 0) is 18.2 Å². The molecule has 1 N–H and O–H groups in total. The Balaban J connectivity index is 2.84. The third kappa shape index (κ3) is 1.52. The van der Waals surface area contributed by atoms with Crippen molar-refractivity contribution in [1.82, 2.24) is 0 Å². The van der Waals surface area contributed by atoms with Crippen molar-refractivity contribution in [1.29, 1.82) is 0 Å². The predicted molar refractivity (Wildman–Crippen MR) is 41.9 cm³/mol. The first-order valence-corrected chi connectivity index (χ1v) is 3.47. The van der Waals surface area contributed by atoms with Crippen LogP contribution in [0.25, 0.3) is 0 Å². The van der Waals surface area contributed by atoms with Crippen molar-refractivity contribution in [2.24, 2.45) is 5.16 Å². The Labute approximate surface area is 68.4 Å². The van der Waals surface area contributed by atoms with E-state index in [4.69, 9.17) is 28.4 Å². The summed E-state index contributed by atoms with van der Waals surface area (Å²) in [5.41, 5.74) is 0.408. The predicted octanol–water partition coefficient (Wildman–Crippen LogP) is 2.12. The van der Waals surface area contributed by atoms with Crippen LogP contribution in [0.4, 0.5) is 0 Å². The average molecular weight is 178 g/mol. The normalized spacial score (nSPS) is 28.8. The molecule has 0 heterocycles. The molecule has 0 radical (unpaired) electrons. The first kappa shape index (κ1) is 7.63. The summed E-state index contributed by atoms with van der Waals surface area (Å²) in [6.45, 7) is 0. The van der Waals surface area contributed by atoms with Crippen LogP contribution in [0.3, 0.4) is 0 Å². The van der Waals surface area contributed by atoms with Gasteiger partial charge in [0.25, 0.3) is 0 Å². The Kier molecular flexibility index (Phi) is 2.35. The highest BCUT2D eigenvalue weighted by atomic mass is 35.5. The maximum atomic E-state index is 8.33. The molecule has 0 aromatic carbocycles. The van der Waals surface area contributed by atoms with Crippen LogP contribution in [0.5, 0.6) is 0 Å². The van der Waals surface area contributed by atoms with E-state index in [1.165, 1.54) is 0 Å². The molecule has 0 spiro atoms. The summed E-state index contributed by atoms with van der Waals surface area (Å²) in [5.74, 6) is 0. The summed E-state index contributed by atoms with van der Waals surface area (Å²) < 4.78 is 0. The molecular weight excluding hydrogens is 173 g/mol. The van der Waals surface area contributed by atoms with Gasteiger partial charge in [0.05, 0.1) is 5.38 Å². The molecule has 0 saturated carbocycles. The molecule has 0 amide bonds. The topological polar surface area (TPSA) is 32.6 Å². The van der Waals surface area contributed by atoms with Crippen LogP contribution < -0.4 is 0 Å². The van der Waals surface area contributed by atoms with Crippen molar-refractivity contribution in [3.8, 4) is 0 Å². The molecule has 0 saturated heterocycles. The molecule has 2 nitrogen and oxygen atoms in total. The largest absolute Gasteiger partial charge is 0.411 e. The summed E-state index contributed by atoms with van der Waals surface area (Å²) in [7, 11) is 0. The van der Waals surface area contributed by atoms with Gasteiger partial charge in [-0.3, -0.25) is 0 Å². The lowest BCUT2D eigenvalue weighted by atomic mass is 10.1. The third-order valence-electron chi connectivity index (χ3n) is 1.12. The van der Waals surface area contributed by atoms with E-state index in [0.29, 0.717) is 10.7 Å². The second-order valence-electron chi connectivity index (χ2n) is 1.81. The van der Waals surface area contributed by atoms with E-state index in [9.17, 15) is 0 Å². The van der Waals surface area contributed by atoms with Gasteiger partial charge in [0.1, 0.15) is 5.71 Å². The van der Waals surface area contributed by atoms with Crippen LogP contribution in [-0.2, 0) is 0 Å². The molecule has 1 aliphatic rings. The maximum Gasteiger partial charge on any atom is 0.101 e. The molecule has 0 fully saturated rings. The first-order chi connectivity index (χ1) is 4.74. The molecule has 1 unspecified atom stereocenters. The molecule has 0 bridgehead atoms. The fourth-order valence-corrected chi connectivity index (χ4v) is 1.13. The number of allylic oxidation sites excluding steroid dienone is 4. The van der Waals surface area contributed by atoms with Crippen molar-refractivity contribution in [3.05, 3.63) is 23.3 Å². The molecule has 1 rings (SSSR count). The maximum absolute atomic E-state index is 8.33. The zero-order valence-electron chi connectivity index (χ0n) is 4.96. The van der Waals surface area contributed by atoms with Gasteiger partial charge in [-0.25, -0.2) is 0 Å². The Morgan fingerprint density at radius 3 is 2.70 bits per heavy atom. The Hall–Kier alpha value is -0.470. The summed E-state index contributed by atoms with van der Waals surface area (Å²) >= 11 is 11.3. The number of alkyl halides is 1. The Bertz CT molecular complexity index is 220. The lowest BCUT2D eigenvalue weighted by molar-refractivity contribution is 0.319. The summed E-state index contributed by atoms with van der Waals surface area (Å²) in [5, 5.41) is 11.4.